The summed E-state index contributed by atoms with van der Waals surface area (Å²) in [5.41, 5.74) is 0.700. The molecule has 0 fully saturated rings. The van der Waals surface area contributed by atoms with Crippen LogP contribution in [0, 0.1) is 3.57 Å². The van der Waals surface area contributed by atoms with Crippen molar-refractivity contribution in [2.45, 2.75) is 38.8 Å². The molecule has 0 heterocycles. The first-order chi connectivity index (χ1) is 9.43. The molecule has 1 amide bonds. The van der Waals surface area contributed by atoms with Gasteiger partial charge in [0.2, 0.25) is 5.91 Å². The Kier molecular flexibility index (Phi) is 6.94. The highest BCUT2D eigenvalue weighted by atomic mass is 127. The molecule has 2 atom stereocenters. The first kappa shape index (κ1) is 16.9. The summed E-state index contributed by atoms with van der Waals surface area (Å²) in [6.07, 6.45) is 1.24. The van der Waals surface area contributed by atoms with E-state index in [9.17, 15) is 9.59 Å². The van der Waals surface area contributed by atoms with Crippen LogP contribution in [0.25, 0.3) is 0 Å². The van der Waals surface area contributed by atoms with Gasteiger partial charge >= 0.3 is 5.97 Å². The summed E-state index contributed by atoms with van der Waals surface area (Å²) in [6.45, 7) is 3.57. The second-order valence-corrected chi connectivity index (χ2v) is 5.81. The molecule has 6 heteroatoms. The highest BCUT2D eigenvalue weighted by Crippen LogP contribution is 2.11. The van der Waals surface area contributed by atoms with E-state index in [0.717, 1.165) is 9.99 Å². The Morgan fingerprint density at radius 3 is 2.40 bits per heavy atom. The van der Waals surface area contributed by atoms with Crippen molar-refractivity contribution in [1.82, 2.24) is 5.32 Å². The van der Waals surface area contributed by atoms with E-state index in [4.69, 9.17) is 5.11 Å². The first-order valence-electron chi connectivity index (χ1n) is 6.49. The molecule has 2 unspecified atom stereocenters. The van der Waals surface area contributed by atoms with Gasteiger partial charge in [0.05, 0.1) is 6.04 Å². The molecule has 1 rings (SSSR count). The Balaban J connectivity index is 2.57. The molecule has 5 nitrogen and oxygen atoms in total. The summed E-state index contributed by atoms with van der Waals surface area (Å²) >= 11 is 2.19. The summed E-state index contributed by atoms with van der Waals surface area (Å²) in [6, 6.07) is 6.15. The van der Waals surface area contributed by atoms with Gasteiger partial charge in [-0.2, -0.15) is 0 Å². The molecule has 1 aromatic carbocycles. The van der Waals surface area contributed by atoms with E-state index in [-0.39, 0.29) is 5.91 Å². The number of halogens is 1. The molecule has 0 radical (unpaired) electrons. The highest BCUT2D eigenvalue weighted by Gasteiger charge is 2.22. The quantitative estimate of drug-likeness (QED) is 0.625. The molecule has 0 aromatic heterocycles. The van der Waals surface area contributed by atoms with E-state index in [2.05, 4.69) is 33.2 Å². The Bertz CT molecular complexity index is 462. The normalized spacial score (nSPS) is 13.6. The van der Waals surface area contributed by atoms with Crippen molar-refractivity contribution in [2.75, 3.05) is 5.32 Å². The SMILES string of the molecule is CCCC(NC(C)C(=O)Nc1ccc(I)cc1)C(=O)O. The number of carbonyl (C=O) groups excluding carboxylic acids is 1. The van der Waals surface area contributed by atoms with Crippen molar-refractivity contribution in [1.29, 1.82) is 0 Å². The standard InChI is InChI=1S/C14H19IN2O3/c1-3-4-12(14(19)20)16-9(2)13(18)17-11-7-5-10(15)6-8-11/h5-9,12,16H,3-4H2,1-2H3,(H,17,18)(H,19,20). The van der Waals surface area contributed by atoms with Crippen LogP contribution in [0.15, 0.2) is 24.3 Å². The third kappa shape index (κ3) is 5.46. The van der Waals surface area contributed by atoms with E-state index >= 15 is 0 Å². The maximum Gasteiger partial charge on any atom is 0.320 e. The van der Waals surface area contributed by atoms with E-state index < -0.39 is 18.1 Å². The summed E-state index contributed by atoms with van der Waals surface area (Å²) in [5, 5.41) is 14.7. The molecule has 1 aromatic rings. The maximum absolute atomic E-state index is 12.0. The summed E-state index contributed by atoms with van der Waals surface area (Å²) in [7, 11) is 0. The van der Waals surface area contributed by atoms with Crippen molar-refractivity contribution in [3.05, 3.63) is 27.8 Å². The molecule has 0 saturated heterocycles. The molecule has 0 aliphatic heterocycles. The Labute approximate surface area is 132 Å². The monoisotopic (exact) mass is 390 g/mol. The fourth-order valence-corrected chi connectivity index (χ4v) is 2.09. The highest BCUT2D eigenvalue weighted by molar-refractivity contribution is 14.1. The largest absolute Gasteiger partial charge is 0.480 e. The molecule has 0 spiro atoms. The molecule has 0 aliphatic rings. The molecule has 20 heavy (non-hydrogen) atoms. The van der Waals surface area contributed by atoms with Crippen molar-refractivity contribution < 1.29 is 14.7 Å². The first-order valence-corrected chi connectivity index (χ1v) is 7.57. The Morgan fingerprint density at radius 2 is 1.90 bits per heavy atom. The van der Waals surface area contributed by atoms with Crippen LogP contribution in [-0.4, -0.2) is 29.1 Å². The van der Waals surface area contributed by atoms with Crippen molar-refractivity contribution >= 4 is 40.2 Å². The molecular weight excluding hydrogens is 371 g/mol. The van der Waals surface area contributed by atoms with Crippen LogP contribution in [0.2, 0.25) is 0 Å². The number of benzene rings is 1. The number of anilines is 1. The molecule has 0 bridgehead atoms. The second-order valence-electron chi connectivity index (χ2n) is 4.56. The number of carbonyl (C=O) groups is 2. The lowest BCUT2D eigenvalue weighted by atomic mass is 10.1. The Morgan fingerprint density at radius 1 is 1.30 bits per heavy atom. The van der Waals surface area contributed by atoms with Crippen LogP contribution in [-0.2, 0) is 9.59 Å². The van der Waals surface area contributed by atoms with Crippen molar-refractivity contribution in [3.63, 3.8) is 0 Å². The minimum Gasteiger partial charge on any atom is -0.480 e. The number of hydrogen-bond acceptors (Lipinski definition) is 3. The number of carboxylic acids is 1. The van der Waals surface area contributed by atoms with E-state index in [1.54, 1.807) is 6.92 Å². The van der Waals surface area contributed by atoms with E-state index in [1.165, 1.54) is 0 Å². The third-order valence-corrected chi connectivity index (χ3v) is 3.55. The van der Waals surface area contributed by atoms with Gasteiger partial charge in [-0.3, -0.25) is 14.9 Å². The topological polar surface area (TPSA) is 78.4 Å². The lowest BCUT2D eigenvalue weighted by Crippen LogP contribution is -2.47. The third-order valence-electron chi connectivity index (χ3n) is 2.83. The molecular formula is C14H19IN2O3. The Hall–Kier alpha value is -1.15. The fraction of sp³-hybridized carbons (Fsp3) is 0.429. The van der Waals surface area contributed by atoms with Gasteiger partial charge in [0.1, 0.15) is 6.04 Å². The summed E-state index contributed by atoms with van der Waals surface area (Å²) < 4.78 is 1.08. The van der Waals surface area contributed by atoms with Crippen LogP contribution in [0.1, 0.15) is 26.7 Å². The number of aliphatic carboxylic acids is 1. The number of carboxylic acid groups (broad SMARTS) is 1. The van der Waals surface area contributed by atoms with Crippen molar-refractivity contribution in [2.24, 2.45) is 0 Å². The maximum atomic E-state index is 12.0. The molecule has 3 N–H and O–H groups in total. The van der Waals surface area contributed by atoms with E-state index in [1.807, 2.05) is 31.2 Å². The number of amides is 1. The minimum atomic E-state index is -0.930. The van der Waals surface area contributed by atoms with Crippen LogP contribution in [0.3, 0.4) is 0 Å². The van der Waals surface area contributed by atoms with Gasteiger partial charge in [-0.15, -0.1) is 0 Å². The van der Waals surface area contributed by atoms with Crippen LogP contribution in [0.4, 0.5) is 5.69 Å². The molecule has 0 aliphatic carbocycles. The zero-order chi connectivity index (χ0) is 15.1. The minimum absolute atomic E-state index is 0.242. The van der Waals surface area contributed by atoms with Gasteiger partial charge in [-0.05, 0) is 60.2 Å². The molecule has 110 valence electrons. The zero-order valence-corrected chi connectivity index (χ0v) is 13.7. The second kappa shape index (κ2) is 8.21. The average molecular weight is 390 g/mol. The predicted octanol–water partition coefficient (Wildman–Crippen LogP) is 2.46. The van der Waals surface area contributed by atoms with Gasteiger partial charge < -0.3 is 10.4 Å². The molecule has 0 saturated carbocycles. The van der Waals surface area contributed by atoms with Crippen LogP contribution < -0.4 is 10.6 Å². The smallest absolute Gasteiger partial charge is 0.320 e. The van der Waals surface area contributed by atoms with Gasteiger partial charge in [0.25, 0.3) is 0 Å². The lowest BCUT2D eigenvalue weighted by Gasteiger charge is -2.19. The average Bonchev–Trinajstić information content (AvgIpc) is 2.40. The predicted molar refractivity (Wildman–Crippen MR) is 86.7 cm³/mol. The summed E-state index contributed by atoms with van der Waals surface area (Å²) in [4.78, 5) is 23.0. The van der Waals surface area contributed by atoms with Gasteiger partial charge in [-0.25, -0.2) is 0 Å². The van der Waals surface area contributed by atoms with Gasteiger partial charge in [0.15, 0.2) is 0 Å². The fourth-order valence-electron chi connectivity index (χ4n) is 1.73. The van der Waals surface area contributed by atoms with Crippen molar-refractivity contribution in [3.8, 4) is 0 Å². The van der Waals surface area contributed by atoms with Gasteiger partial charge in [-0.1, -0.05) is 13.3 Å². The van der Waals surface area contributed by atoms with E-state index in [0.29, 0.717) is 12.1 Å². The number of rotatable bonds is 7. The number of nitrogens with one attached hydrogen (secondary N) is 2. The van der Waals surface area contributed by atoms with Gasteiger partial charge in [0, 0.05) is 9.26 Å². The lowest BCUT2D eigenvalue weighted by molar-refractivity contribution is -0.140. The van der Waals surface area contributed by atoms with Crippen LogP contribution in [0.5, 0.6) is 0 Å². The zero-order valence-electron chi connectivity index (χ0n) is 11.5. The number of hydrogen-bond donors (Lipinski definition) is 3. The summed E-state index contributed by atoms with van der Waals surface area (Å²) in [5.74, 6) is -1.17. The van der Waals surface area contributed by atoms with Crippen LogP contribution >= 0.6 is 22.6 Å².